The number of likely N-dealkylation sites (tertiary alicyclic amines) is 1. The van der Waals surface area contributed by atoms with Crippen LogP contribution in [0, 0.1) is 11.8 Å². The SMILES string of the molecule is CSc1cc(O)n(CC#CCN2CCCC2)c1O. The van der Waals surface area contributed by atoms with E-state index < -0.39 is 0 Å². The molecule has 2 heterocycles. The van der Waals surface area contributed by atoms with E-state index in [0.29, 0.717) is 11.4 Å². The Balaban J connectivity index is 1.93. The van der Waals surface area contributed by atoms with E-state index in [-0.39, 0.29) is 11.8 Å². The summed E-state index contributed by atoms with van der Waals surface area (Å²) in [4.78, 5) is 2.99. The van der Waals surface area contributed by atoms with Crippen molar-refractivity contribution in [2.75, 3.05) is 25.9 Å². The Morgan fingerprint density at radius 2 is 1.89 bits per heavy atom. The van der Waals surface area contributed by atoms with Gasteiger partial charge in [-0.25, -0.2) is 0 Å². The highest BCUT2D eigenvalue weighted by Crippen LogP contribution is 2.33. The summed E-state index contributed by atoms with van der Waals surface area (Å²) < 4.78 is 1.42. The second-order valence-corrected chi connectivity index (χ2v) is 5.17. The van der Waals surface area contributed by atoms with E-state index in [1.165, 1.54) is 29.2 Å². The van der Waals surface area contributed by atoms with Gasteiger partial charge in [-0.05, 0) is 32.2 Å². The predicted octanol–water partition coefficient (Wildman–Crippen LogP) is 1.72. The maximum atomic E-state index is 9.82. The second-order valence-electron chi connectivity index (χ2n) is 4.32. The molecule has 2 rings (SSSR count). The maximum absolute atomic E-state index is 9.82. The third kappa shape index (κ3) is 2.95. The summed E-state index contributed by atoms with van der Waals surface area (Å²) in [7, 11) is 0. The standard InChI is InChI=1S/C13H18N2O2S/c1-18-11-10-12(16)15(13(11)17)9-5-4-8-14-6-2-3-7-14/h10,16-17H,2-3,6-9H2,1H3. The first-order valence-corrected chi connectivity index (χ1v) is 7.28. The average molecular weight is 266 g/mol. The van der Waals surface area contributed by atoms with Crippen molar-refractivity contribution in [1.29, 1.82) is 0 Å². The van der Waals surface area contributed by atoms with E-state index in [1.54, 1.807) is 6.07 Å². The van der Waals surface area contributed by atoms with E-state index in [4.69, 9.17) is 0 Å². The fourth-order valence-electron chi connectivity index (χ4n) is 2.05. The molecule has 1 aliphatic rings. The van der Waals surface area contributed by atoms with Crippen LogP contribution in [0.3, 0.4) is 0 Å². The molecule has 0 aliphatic carbocycles. The molecule has 0 unspecified atom stereocenters. The van der Waals surface area contributed by atoms with Gasteiger partial charge in [-0.3, -0.25) is 9.47 Å². The molecule has 98 valence electrons. The van der Waals surface area contributed by atoms with Crippen LogP contribution in [0.15, 0.2) is 11.0 Å². The van der Waals surface area contributed by atoms with Crippen molar-refractivity contribution in [3.63, 3.8) is 0 Å². The quantitative estimate of drug-likeness (QED) is 0.646. The Hall–Kier alpha value is -1.25. The third-order valence-corrected chi connectivity index (χ3v) is 3.84. The van der Waals surface area contributed by atoms with Gasteiger partial charge in [0, 0.05) is 6.07 Å². The second kappa shape index (κ2) is 6.07. The van der Waals surface area contributed by atoms with Gasteiger partial charge >= 0.3 is 0 Å². The van der Waals surface area contributed by atoms with Gasteiger partial charge in [-0.2, -0.15) is 0 Å². The molecule has 1 fully saturated rings. The first kappa shape index (κ1) is 13.2. The number of rotatable bonds is 3. The smallest absolute Gasteiger partial charge is 0.208 e. The molecule has 0 saturated carbocycles. The topological polar surface area (TPSA) is 48.6 Å². The molecule has 0 aromatic carbocycles. The number of hydrogen-bond donors (Lipinski definition) is 2. The highest BCUT2D eigenvalue weighted by Gasteiger charge is 2.12. The van der Waals surface area contributed by atoms with Gasteiger partial charge < -0.3 is 10.2 Å². The molecule has 5 heteroatoms. The average Bonchev–Trinajstić information content (AvgIpc) is 2.96. The van der Waals surface area contributed by atoms with Gasteiger partial charge in [0.25, 0.3) is 0 Å². The molecule has 2 N–H and O–H groups in total. The monoisotopic (exact) mass is 266 g/mol. The van der Waals surface area contributed by atoms with E-state index in [0.717, 1.165) is 19.6 Å². The summed E-state index contributed by atoms with van der Waals surface area (Å²) in [6.45, 7) is 3.36. The molecule has 0 radical (unpaired) electrons. The lowest BCUT2D eigenvalue weighted by molar-refractivity contribution is 0.375. The first-order valence-electron chi connectivity index (χ1n) is 6.06. The van der Waals surface area contributed by atoms with E-state index >= 15 is 0 Å². The molecular weight excluding hydrogens is 248 g/mol. The van der Waals surface area contributed by atoms with Gasteiger partial charge in [0.15, 0.2) is 5.88 Å². The molecule has 0 spiro atoms. The summed E-state index contributed by atoms with van der Waals surface area (Å²) >= 11 is 1.40. The van der Waals surface area contributed by atoms with Gasteiger partial charge in [-0.15, -0.1) is 11.8 Å². The Labute approximate surface area is 112 Å². The maximum Gasteiger partial charge on any atom is 0.208 e. The number of aromatic nitrogens is 1. The summed E-state index contributed by atoms with van der Waals surface area (Å²) in [6.07, 6.45) is 4.38. The molecule has 1 aliphatic heterocycles. The Morgan fingerprint density at radius 1 is 1.22 bits per heavy atom. The molecule has 1 aromatic rings. The predicted molar refractivity (Wildman–Crippen MR) is 73.0 cm³/mol. The van der Waals surface area contributed by atoms with Gasteiger partial charge in [0.05, 0.1) is 18.0 Å². The summed E-state index contributed by atoms with van der Waals surface area (Å²) in [5, 5.41) is 19.5. The zero-order valence-electron chi connectivity index (χ0n) is 10.5. The van der Waals surface area contributed by atoms with Crippen LogP contribution >= 0.6 is 11.8 Å². The summed E-state index contributed by atoms with van der Waals surface area (Å²) in [5.74, 6) is 6.23. The Bertz CT molecular complexity index is 467. The number of aromatic hydroxyl groups is 2. The number of hydrogen-bond acceptors (Lipinski definition) is 4. The normalized spacial score (nSPS) is 15.6. The molecule has 0 amide bonds. The van der Waals surface area contributed by atoms with Crippen molar-refractivity contribution in [3.05, 3.63) is 6.07 Å². The molecule has 4 nitrogen and oxygen atoms in total. The number of thioether (sulfide) groups is 1. The minimum absolute atomic E-state index is 0.0623. The van der Waals surface area contributed by atoms with E-state index in [9.17, 15) is 10.2 Å². The molecule has 0 bridgehead atoms. The lowest BCUT2D eigenvalue weighted by Gasteiger charge is -2.08. The highest BCUT2D eigenvalue weighted by molar-refractivity contribution is 7.98. The molecule has 1 aromatic heterocycles. The zero-order chi connectivity index (χ0) is 13.0. The van der Waals surface area contributed by atoms with Crippen LogP contribution in [0.1, 0.15) is 12.8 Å². The van der Waals surface area contributed by atoms with Crippen molar-refractivity contribution in [1.82, 2.24) is 9.47 Å². The van der Waals surface area contributed by atoms with Crippen LogP contribution in [0.2, 0.25) is 0 Å². The van der Waals surface area contributed by atoms with Gasteiger partial charge in [-0.1, -0.05) is 11.8 Å². The summed E-state index contributed by atoms with van der Waals surface area (Å²) in [6, 6.07) is 1.56. The highest BCUT2D eigenvalue weighted by atomic mass is 32.2. The van der Waals surface area contributed by atoms with E-state index in [1.807, 2.05) is 6.26 Å². The molecule has 18 heavy (non-hydrogen) atoms. The zero-order valence-corrected chi connectivity index (χ0v) is 11.3. The fourth-order valence-corrected chi connectivity index (χ4v) is 2.57. The molecule has 1 saturated heterocycles. The van der Waals surface area contributed by atoms with Crippen molar-refractivity contribution in [2.24, 2.45) is 0 Å². The summed E-state index contributed by atoms with van der Waals surface area (Å²) in [5.41, 5.74) is 0. The van der Waals surface area contributed by atoms with Crippen LogP contribution in [0.25, 0.3) is 0 Å². The van der Waals surface area contributed by atoms with Crippen LogP contribution in [-0.4, -0.2) is 45.6 Å². The molecule has 0 atom stereocenters. The van der Waals surface area contributed by atoms with Crippen LogP contribution in [0.4, 0.5) is 0 Å². The first-order chi connectivity index (χ1) is 8.72. The Kier molecular flexibility index (Phi) is 4.45. The van der Waals surface area contributed by atoms with Gasteiger partial charge in [0.1, 0.15) is 0 Å². The molecular formula is C13H18N2O2S. The third-order valence-electron chi connectivity index (χ3n) is 3.10. The van der Waals surface area contributed by atoms with Crippen molar-refractivity contribution in [2.45, 2.75) is 24.3 Å². The minimum atomic E-state index is 0.0623. The Morgan fingerprint density at radius 3 is 2.50 bits per heavy atom. The minimum Gasteiger partial charge on any atom is -0.494 e. The largest absolute Gasteiger partial charge is 0.494 e. The lowest BCUT2D eigenvalue weighted by atomic mass is 10.4. The van der Waals surface area contributed by atoms with Crippen LogP contribution in [0.5, 0.6) is 11.8 Å². The van der Waals surface area contributed by atoms with Crippen molar-refractivity contribution in [3.8, 4) is 23.6 Å². The van der Waals surface area contributed by atoms with E-state index in [2.05, 4.69) is 16.7 Å². The van der Waals surface area contributed by atoms with Gasteiger partial charge in [0.2, 0.25) is 5.88 Å². The van der Waals surface area contributed by atoms with Crippen molar-refractivity contribution >= 4 is 11.8 Å². The fraction of sp³-hybridized carbons (Fsp3) is 0.538. The van der Waals surface area contributed by atoms with Crippen LogP contribution < -0.4 is 0 Å². The number of nitrogens with zero attached hydrogens (tertiary/aromatic N) is 2. The lowest BCUT2D eigenvalue weighted by Crippen LogP contribution is -2.19. The van der Waals surface area contributed by atoms with Crippen LogP contribution in [-0.2, 0) is 6.54 Å². The van der Waals surface area contributed by atoms with Crippen molar-refractivity contribution < 1.29 is 10.2 Å².